The maximum atomic E-state index is 14.2. The van der Waals surface area contributed by atoms with Crippen molar-refractivity contribution in [1.29, 1.82) is 0 Å². The van der Waals surface area contributed by atoms with Gasteiger partial charge in [-0.3, -0.25) is 38.8 Å². The second-order valence-electron chi connectivity index (χ2n) is 14.2. The lowest BCUT2D eigenvalue weighted by Gasteiger charge is -2.26. The first-order valence-corrected chi connectivity index (χ1v) is 19.0. The van der Waals surface area contributed by atoms with Crippen molar-refractivity contribution >= 4 is 58.1 Å². The van der Waals surface area contributed by atoms with E-state index >= 15 is 0 Å². The van der Waals surface area contributed by atoms with Gasteiger partial charge in [-0.25, -0.2) is 0 Å². The number of carbonyl (C=O) groups is 6. The normalized spacial score (nSPS) is 20.7. The molecule has 0 unspecified atom stereocenters. The van der Waals surface area contributed by atoms with E-state index in [0.29, 0.717) is 11.1 Å². The molecule has 0 aromatic heterocycles. The molecule has 1 fully saturated rings. The summed E-state index contributed by atoms with van der Waals surface area (Å²) in [6.45, 7) is 0.283. The van der Waals surface area contributed by atoms with Crippen LogP contribution in [0.25, 0.3) is 10.8 Å². The summed E-state index contributed by atoms with van der Waals surface area (Å²) in [7, 11) is 0. The van der Waals surface area contributed by atoms with E-state index in [2.05, 4.69) is 31.3 Å². The second-order valence-corrected chi connectivity index (χ2v) is 14.2. The van der Waals surface area contributed by atoms with E-state index in [1.807, 2.05) is 36.4 Å². The molecular weight excluding hydrogens is 749 g/mol. The molecule has 4 rings (SSSR count). The Hall–Kier alpha value is -6.72. The number of aromatic hydroxyl groups is 1. The van der Waals surface area contributed by atoms with Gasteiger partial charge in [0, 0.05) is 44.7 Å². The molecular formula is C40H52N10O8. The van der Waals surface area contributed by atoms with Gasteiger partial charge in [-0.1, -0.05) is 54.6 Å². The highest BCUT2D eigenvalue weighted by Gasteiger charge is 2.35. The molecule has 18 nitrogen and oxygen atoms in total. The van der Waals surface area contributed by atoms with Gasteiger partial charge in [0.15, 0.2) is 17.7 Å². The monoisotopic (exact) mass is 800 g/mol. The van der Waals surface area contributed by atoms with Crippen molar-refractivity contribution in [3.8, 4) is 5.75 Å². The third-order valence-electron chi connectivity index (χ3n) is 9.65. The number of aliphatic imine (C=N–C) groups is 2. The van der Waals surface area contributed by atoms with Crippen LogP contribution in [0.4, 0.5) is 0 Å². The van der Waals surface area contributed by atoms with Crippen molar-refractivity contribution in [3.63, 3.8) is 0 Å². The molecule has 0 bridgehead atoms. The van der Waals surface area contributed by atoms with Gasteiger partial charge in [0.1, 0.15) is 23.9 Å². The Kier molecular flexibility index (Phi) is 16.3. The predicted molar refractivity (Wildman–Crippen MR) is 217 cm³/mol. The summed E-state index contributed by atoms with van der Waals surface area (Å²) in [5.41, 5.74) is 23.2. The number of hydrogen-bond donors (Lipinski definition) is 10. The molecule has 0 spiro atoms. The molecule has 1 saturated heterocycles. The quantitative estimate of drug-likeness (QED) is 0.0544. The summed E-state index contributed by atoms with van der Waals surface area (Å²) in [4.78, 5) is 90.3. The van der Waals surface area contributed by atoms with Crippen LogP contribution in [0.2, 0.25) is 0 Å². The number of nitrogens with one attached hydrogen (secondary N) is 4. The van der Waals surface area contributed by atoms with E-state index in [4.69, 9.17) is 22.9 Å². The smallest absolute Gasteiger partial charge is 0.303 e. The molecule has 0 saturated carbocycles. The molecule has 1 aliphatic heterocycles. The Morgan fingerprint density at radius 2 is 1.14 bits per heavy atom. The Balaban J connectivity index is 1.78. The molecule has 4 amide bonds. The molecule has 310 valence electrons. The fourth-order valence-corrected chi connectivity index (χ4v) is 6.60. The van der Waals surface area contributed by atoms with Crippen molar-refractivity contribution in [1.82, 2.24) is 21.3 Å². The zero-order valence-electron chi connectivity index (χ0n) is 32.1. The van der Waals surface area contributed by atoms with Gasteiger partial charge < -0.3 is 54.4 Å². The average molecular weight is 801 g/mol. The summed E-state index contributed by atoms with van der Waals surface area (Å²) in [6, 6.07) is 13.8. The number of phenols is 1. The van der Waals surface area contributed by atoms with Gasteiger partial charge in [-0.05, 0) is 66.1 Å². The van der Waals surface area contributed by atoms with Crippen LogP contribution in [-0.2, 0) is 41.6 Å². The Bertz CT molecular complexity index is 2000. The Labute approximate surface area is 335 Å². The Morgan fingerprint density at radius 1 is 0.621 bits per heavy atom. The van der Waals surface area contributed by atoms with Gasteiger partial charge in [0.2, 0.25) is 23.6 Å². The van der Waals surface area contributed by atoms with Gasteiger partial charge in [-0.2, -0.15) is 0 Å². The van der Waals surface area contributed by atoms with Crippen LogP contribution in [0.1, 0.15) is 56.1 Å². The van der Waals surface area contributed by atoms with Gasteiger partial charge in [0.25, 0.3) is 0 Å². The molecule has 18 heteroatoms. The summed E-state index contributed by atoms with van der Waals surface area (Å²) >= 11 is 0. The minimum Gasteiger partial charge on any atom is -0.508 e. The lowest BCUT2D eigenvalue weighted by molar-refractivity contribution is -0.138. The molecule has 5 atom stereocenters. The zero-order valence-corrected chi connectivity index (χ0v) is 32.1. The zero-order chi connectivity index (χ0) is 42.2. The number of aliphatic carboxylic acids is 1. The number of carbonyl (C=O) groups excluding carboxylic acids is 5. The summed E-state index contributed by atoms with van der Waals surface area (Å²) in [5.74, 6) is -6.15. The predicted octanol–water partition coefficient (Wildman–Crippen LogP) is -0.169. The van der Waals surface area contributed by atoms with E-state index in [0.717, 1.165) is 10.8 Å². The van der Waals surface area contributed by atoms with Crippen LogP contribution in [0, 0.1) is 5.92 Å². The lowest BCUT2D eigenvalue weighted by atomic mass is 9.91. The molecule has 1 heterocycles. The van der Waals surface area contributed by atoms with Crippen molar-refractivity contribution in [3.05, 3.63) is 77.9 Å². The summed E-state index contributed by atoms with van der Waals surface area (Å²) < 4.78 is 0. The minimum atomic E-state index is -1.45. The van der Waals surface area contributed by atoms with Crippen molar-refractivity contribution in [2.45, 2.75) is 82.0 Å². The van der Waals surface area contributed by atoms with Crippen molar-refractivity contribution < 1.29 is 39.0 Å². The lowest BCUT2D eigenvalue weighted by Crippen LogP contribution is -2.58. The van der Waals surface area contributed by atoms with E-state index in [9.17, 15) is 39.0 Å². The number of rotatable bonds is 15. The number of carboxylic acids is 1. The largest absolute Gasteiger partial charge is 0.508 e. The molecule has 1 aliphatic rings. The number of fused-ring (bicyclic) bond motifs is 1. The standard InChI is InChI=1S/C40H52N10O8/c41-39(42)45-17-3-7-27-22-33(52)29(8-4-18-46-40(43)44)47-37(57)31(20-23-10-13-28(51)14-11-23)50-36(56)30(15-16-34(53)54)48-38(58)32(49-35(27)55)21-24-9-12-25-5-1-2-6-26(25)19-24/h1-2,5-6,9-14,19,27,29-32,51H,3-4,7-8,15-18,20-22H2,(H,47,57)(H,48,58)(H,49,55)(H,50,56)(H,53,54)(H4,41,42,45)(H4,43,44,46)/t27-,29+,30-,31-,32+/m1/s1. The first kappa shape index (κ1) is 44.0. The third-order valence-corrected chi connectivity index (χ3v) is 9.65. The van der Waals surface area contributed by atoms with Crippen LogP contribution in [0.5, 0.6) is 5.75 Å². The molecule has 3 aromatic carbocycles. The number of nitrogens with two attached hydrogens (primary N) is 4. The van der Waals surface area contributed by atoms with Crippen LogP contribution < -0.4 is 44.2 Å². The maximum absolute atomic E-state index is 14.2. The van der Waals surface area contributed by atoms with E-state index < -0.39 is 71.9 Å². The van der Waals surface area contributed by atoms with E-state index in [1.54, 1.807) is 18.2 Å². The van der Waals surface area contributed by atoms with Gasteiger partial charge >= 0.3 is 5.97 Å². The number of nitrogens with zero attached hydrogens (tertiary/aromatic N) is 2. The average Bonchev–Trinajstić information content (AvgIpc) is 3.18. The summed E-state index contributed by atoms with van der Waals surface area (Å²) in [5, 5.41) is 32.0. The van der Waals surface area contributed by atoms with Gasteiger partial charge in [0.05, 0.1) is 6.04 Å². The minimum absolute atomic E-state index is 0.0265. The highest BCUT2D eigenvalue weighted by atomic mass is 16.4. The van der Waals surface area contributed by atoms with Crippen LogP contribution in [0.15, 0.2) is 76.7 Å². The Morgan fingerprint density at radius 3 is 1.76 bits per heavy atom. The fraction of sp³-hybridized carbons (Fsp3) is 0.400. The van der Waals surface area contributed by atoms with Crippen molar-refractivity contribution in [2.24, 2.45) is 38.8 Å². The van der Waals surface area contributed by atoms with Crippen LogP contribution in [0.3, 0.4) is 0 Å². The number of ketones is 1. The van der Waals surface area contributed by atoms with Crippen LogP contribution >= 0.6 is 0 Å². The number of hydrogen-bond acceptors (Lipinski definition) is 9. The molecule has 3 aromatic rings. The molecule has 0 aliphatic carbocycles. The topological polar surface area (TPSA) is 320 Å². The van der Waals surface area contributed by atoms with E-state index in [-0.39, 0.29) is 82.1 Å². The molecule has 58 heavy (non-hydrogen) atoms. The first-order valence-electron chi connectivity index (χ1n) is 19.0. The molecule has 14 N–H and O–H groups in total. The SMILES string of the molecule is NC(N)=NCCC[C@@H]1CC(=O)[C@H](CCCN=C(N)N)NC(=O)[C@@H](Cc2ccc(O)cc2)NC(=O)[C@@H](CCC(=O)O)NC(=O)[C@H](Cc2ccc3ccccc3c2)NC1=O. The second kappa shape index (κ2) is 21.5. The third kappa shape index (κ3) is 14.1. The van der Waals surface area contributed by atoms with Crippen molar-refractivity contribution in [2.75, 3.05) is 13.1 Å². The molecule has 0 radical (unpaired) electrons. The van der Waals surface area contributed by atoms with E-state index in [1.165, 1.54) is 12.1 Å². The highest BCUT2D eigenvalue weighted by molar-refractivity contribution is 5.98. The number of benzene rings is 3. The number of phenolic OH excluding ortho intramolecular Hbond substituents is 1. The number of amides is 4. The number of carboxylic acid groups (broad SMARTS) is 1. The van der Waals surface area contributed by atoms with Gasteiger partial charge in [-0.15, -0.1) is 0 Å². The number of guanidine groups is 2. The maximum Gasteiger partial charge on any atom is 0.303 e. The first-order chi connectivity index (χ1) is 27.7. The highest BCUT2D eigenvalue weighted by Crippen LogP contribution is 2.20. The number of Topliss-reactive ketones (excluding diaryl/α,β-unsaturated/α-hetero) is 1. The fourth-order valence-electron chi connectivity index (χ4n) is 6.60. The summed E-state index contributed by atoms with van der Waals surface area (Å²) in [6.07, 6.45) is -0.610. The van der Waals surface area contributed by atoms with Crippen LogP contribution in [-0.4, -0.2) is 94.8 Å².